The molecule has 9 heteroatoms. The van der Waals surface area contributed by atoms with Gasteiger partial charge in [-0.05, 0) is 20.8 Å². The minimum Gasteiger partial charge on any atom is -0.372 e. The van der Waals surface area contributed by atoms with Crippen LogP contribution >= 0.6 is 22.9 Å². The Morgan fingerprint density at radius 2 is 2.08 bits per heavy atom. The van der Waals surface area contributed by atoms with E-state index in [4.69, 9.17) is 20.9 Å². The Balaban J connectivity index is 1.87. The number of halogens is 1. The number of nitrogens with zero attached hydrogens (tertiary/aromatic N) is 4. The number of carbonyl (C=O) groups excluding carboxylic acids is 1. The lowest BCUT2D eigenvalue weighted by Crippen LogP contribution is -2.46. The van der Waals surface area contributed by atoms with Crippen LogP contribution in [0.15, 0.2) is 10.7 Å². The van der Waals surface area contributed by atoms with Crippen molar-refractivity contribution in [2.24, 2.45) is 0 Å². The molecule has 2 atom stereocenters. The number of aromatic nitrogens is 3. The average Bonchev–Trinajstić information content (AvgIpc) is 3.19. The van der Waals surface area contributed by atoms with E-state index in [9.17, 15) is 4.79 Å². The highest BCUT2D eigenvalue weighted by Crippen LogP contribution is 2.40. The summed E-state index contributed by atoms with van der Waals surface area (Å²) in [5.74, 6) is 0. The normalized spacial score (nSPS) is 20.7. The lowest BCUT2D eigenvalue weighted by Gasteiger charge is -2.37. The molecule has 0 bridgehead atoms. The highest BCUT2D eigenvalue weighted by Gasteiger charge is 2.29. The Labute approximate surface area is 158 Å². The topological polar surface area (TPSA) is 81.4 Å². The van der Waals surface area contributed by atoms with Crippen molar-refractivity contribution in [2.45, 2.75) is 33.0 Å². The van der Waals surface area contributed by atoms with Gasteiger partial charge in [0, 0.05) is 19.3 Å². The van der Waals surface area contributed by atoms with Gasteiger partial charge in [-0.15, -0.1) is 11.3 Å². The molecule has 0 amide bonds. The van der Waals surface area contributed by atoms with E-state index >= 15 is 0 Å². The number of ether oxygens (including phenoxy) is 1. The van der Waals surface area contributed by atoms with Gasteiger partial charge < -0.3 is 14.2 Å². The number of aryl methyl sites for hydroxylation is 1. The molecule has 7 nitrogen and oxygen atoms in total. The van der Waals surface area contributed by atoms with E-state index in [1.54, 1.807) is 6.20 Å². The fraction of sp³-hybridized carbons (Fsp3) is 0.412. The number of anilines is 1. The van der Waals surface area contributed by atoms with Crippen molar-refractivity contribution in [3.8, 4) is 10.6 Å². The maximum atomic E-state index is 11.8. The van der Waals surface area contributed by atoms with Gasteiger partial charge in [0.05, 0.1) is 27.8 Å². The number of aldehydes is 1. The summed E-state index contributed by atoms with van der Waals surface area (Å²) in [5, 5.41) is 5.37. The molecule has 3 aromatic rings. The monoisotopic (exact) mass is 392 g/mol. The minimum absolute atomic E-state index is 0.0236. The van der Waals surface area contributed by atoms with Crippen LogP contribution in [0.3, 0.4) is 0 Å². The van der Waals surface area contributed by atoms with Crippen LogP contribution in [0.2, 0.25) is 5.02 Å². The molecule has 3 aromatic heterocycles. The molecule has 0 radical (unpaired) electrons. The first kappa shape index (κ1) is 17.4. The summed E-state index contributed by atoms with van der Waals surface area (Å²) in [5.41, 5.74) is 2.23. The van der Waals surface area contributed by atoms with Crippen LogP contribution in [0, 0.1) is 6.92 Å². The summed E-state index contributed by atoms with van der Waals surface area (Å²) in [4.78, 5) is 23.4. The Hall–Kier alpha value is -2.03. The number of carbonyl (C=O) groups is 1. The largest absolute Gasteiger partial charge is 0.372 e. The van der Waals surface area contributed by atoms with E-state index in [0.29, 0.717) is 40.6 Å². The zero-order valence-electron chi connectivity index (χ0n) is 14.5. The minimum atomic E-state index is 0.0236. The van der Waals surface area contributed by atoms with Crippen LogP contribution < -0.4 is 4.90 Å². The predicted molar refractivity (Wildman–Crippen MR) is 100 cm³/mol. The molecular formula is C17H17ClN4O3S. The Kier molecular flexibility index (Phi) is 4.42. The van der Waals surface area contributed by atoms with Crippen LogP contribution in [-0.2, 0) is 4.74 Å². The van der Waals surface area contributed by atoms with Crippen molar-refractivity contribution < 1.29 is 14.1 Å². The second-order valence-electron chi connectivity index (χ2n) is 6.39. The van der Waals surface area contributed by atoms with Crippen molar-refractivity contribution in [3.05, 3.63) is 21.9 Å². The second-order valence-corrected chi connectivity index (χ2v) is 8.00. The van der Waals surface area contributed by atoms with Gasteiger partial charge in [-0.25, -0.2) is 9.97 Å². The van der Waals surface area contributed by atoms with Gasteiger partial charge in [0.1, 0.15) is 16.2 Å². The molecular weight excluding hydrogens is 376 g/mol. The fourth-order valence-corrected chi connectivity index (χ4v) is 4.40. The van der Waals surface area contributed by atoms with Crippen molar-refractivity contribution in [1.29, 1.82) is 0 Å². The van der Waals surface area contributed by atoms with Crippen molar-refractivity contribution in [2.75, 3.05) is 18.0 Å². The Bertz CT molecular complexity index is 976. The smallest absolute Gasteiger partial charge is 0.206 e. The number of rotatable bonds is 3. The molecule has 0 saturated carbocycles. The van der Waals surface area contributed by atoms with E-state index in [1.807, 2.05) is 25.7 Å². The zero-order valence-corrected chi connectivity index (χ0v) is 16.1. The lowest BCUT2D eigenvalue weighted by molar-refractivity contribution is -0.00526. The summed E-state index contributed by atoms with van der Waals surface area (Å²) in [6, 6.07) is 0. The van der Waals surface area contributed by atoms with E-state index in [1.165, 1.54) is 11.3 Å². The van der Waals surface area contributed by atoms with E-state index in [2.05, 4.69) is 15.1 Å². The van der Waals surface area contributed by atoms with Crippen molar-refractivity contribution in [1.82, 2.24) is 15.1 Å². The summed E-state index contributed by atoms with van der Waals surface area (Å²) in [6.07, 6.45) is 2.48. The Morgan fingerprint density at radius 3 is 2.69 bits per heavy atom. The highest BCUT2D eigenvalue weighted by molar-refractivity contribution is 7.15. The lowest BCUT2D eigenvalue weighted by atomic mass is 10.1. The first-order valence-electron chi connectivity index (χ1n) is 8.25. The van der Waals surface area contributed by atoms with Crippen molar-refractivity contribution >= 4 is 46.0 Å². The molecule has 0 aliphatic carbocycles. The van der Waals surface area contributed by atoms with Crippen LogP contribution in [-0.4, -0.2) is 46.7 Å². The zero-order chi connectivity index (χ0) is 18.4. The quantitative estimate of drug-likeness (QED) is 0.628. The third kappa shape index (κ3) is 2.87. The first-order valence-corrected chi connectivity index (χ1v) is 9.44. The van der Waals surface area contributed by atoms with Crippen LogP contribution in [0.1, 0.15) is 29.3 Å². The summed E-state index contributed by atoms with van der Waals surface area (Å²) < 4.78 is 11.3. The fourth-order valence-electron chi connectivity index (χ4n) is 3.30. The molecule has 136 valence electrons. The third-order valence-corrected chi connectivity index (χ3v) is 5.52. The maximum absolute atomic E-state index is 11.8. The van der Waals surface area contributed by atoms with E-state index < -0.39 is 0 Å². The van der Waals surface area contributed by atoms with Crippen LogP contribution in [0.25, 0.3) is 21.7 Å². The number of pyridine rings is 1. The number of fused-ring (bicyclic) bond motifs is 1. The molecule has 0 unspecified atom stereocenters. The van der Waals surface area contributed by atoms with Gasteiger partial charge in [0.25, 0.3) is 0 Å². The van der Waals surface area contributed by atoms with Gasteiger partial charge >= 0.3 is 0 Å². The summed E-state index contributed by atoms with van der Waals surface area (Å²) >= 11 is 8.11. The summed E-state index contributed by atoms with van der Waals surface area (Å²) in [7, 11) is 0. The highest BCUT2D eigenvalue weighted by atomic mass is 35.5. The molecule has 0 spiro atoms. The molecule has 1 aliphatic rings. The molecule has 4 heterocycles. The number of hydrogen-bond donors (Lipinski definition) is 0. The van der Waals surface area contributed by atoms with E-state index in [-0.39, 0.29) is 17.9 Å². The van der Waals surface area contributed by atoms with Gasteiger partial charge in [0.2, 0.25) is 5.58 Å². The molecule has 0 N–H and O–H groups in total. The molecule has 1 saturated heterocycles. The molecule has 1 aliphatic heterocycles. The van der Waals surface area contributed by atoms with Crippen molar-refractivity contribution in [3.63, 3.8) is 0 Å². The number of morpholine rings is 1. The van der Waals surface area contributed by atoms with Gasteiger partial charge in [0.15, 0.2) is 12.0 Å². The van der Waals surface area contributed by atoms with Gasteiger partial charge in [-0.2, -0.15) is 0 Å². The SMILES string of the molecule is Cc1ncc(-c2noc3c(Cl)c(N4C[C@@H](C)O[C@@H](C)C4)c(C=O)nc23)s1. The van der Waals surface area contributed by atoms with Crippen LogP contribution in [0.5, 0.6) is 0 Å². The van der Waals surface area contributed by atoms with Crippen LogP contribution in [0.4, 0.5) is 5.69 Å². The standard InChI is InChI=1S/C17H17ClN4O3S/c1-8-5-22(6-9(2)24-8)16-11(7-23)20-15-14(12-4-19-10(3)26-12)21-25-17(15)13(16)18/h4,7-9H,5-6H2,1-3H3/t8-,9+. The predicted octanol–water partition coefficient (Wildman–Crippen LogP) is 3.73. The van der Waals surface area contributed by atoms with Gasteiger partial charge in [-0.3, -0.25) is 4.79 Å². The second kappa shape index (κ2) is 6.61. The number of hydrogen-bond acceptors (Lipinski definition) is 8. The first-order chi connectivity index (χ1) is 12.5. The molecule has 26 heavy (non-hydrogen) atoms. The van der Waals surface area contributed by atoms with Gasteiger partial charge in [-0.1, -0.05) is 16.8 Å². The average molecular weight is 393 g/mol. The molecule has 4 rings (SSSR count). The number of thiazole rings is 1. The molecule has 0 aromatic carbocycles. The third-order valence-electron chi connectivity index (χ3n) is 4.25. The van der Waals surface area contributed by atoms with E-state index in [0.717, 1.165) is 16.2 Å². The Morgan fingerprint density at radius 1 is 1.35 bits per heavy atom. The maximum Gasteiger partial charge on any atom is 0.206 e. The molecule has 1 fully saturated rings. The summed E-state index contributed by atoms with van der Waals surface area (Å²) in [6.45, 7) is 7.12.